The molecule has 2 aromatic carbocycles. The van der Waals surface area contributed by atoms with Crippen molar-refractivity contribution in [3.8, 4) is 0 Å². The van der Waals surface area contributed by atoms with Crippen LogP contribution in [0.4, 0.5) is 4.39 Å². The molecule has 1 aliphatic heterocycles. The van der Waals surface area contributed by atoms with Crippen LogP contribution in [0.2, 0.25) is 0 Å². The molecule has 5 nitrogen and oxygen atoms in total. The number of carbonyl (C=O) groups excluding carboxylic acids is 2. The minimum atomic E-state index is -0.366. The van der Waals surface area contributed by atoms with Gasteiger partial charge in [0.15, 0.2) is 0 Å². The molecule has 3 rings (SSSR count). The first-order valence-corrected chi connectivity index (χ1v) is 11.6. The van der Waals surface area contributed by atoms with Gasteiger partial charge in [-0.05, 0) is 48.4 Å². The highest BCUT2D eigenvalue weighted by molar-refractivity contribution is 7.99. The Morgan fingerprint density at radius 2 is 2.00 bits per heavy atom. The molecule has 1 fully saturated rings. The third-order valence-corrected chi connectivity index (χ3v) is 6.57. The monoisotopic (exact) mass is 444 g/mol. The Kier molecular flexibility index (Phi) is 8.49. The van der Waals surface area contributed by atoms with E-state index in [-0.39, 0.29) is 23.1 Å². The molecule has 0 bridgehead atoms. The Labute approximate surface area is 187 Å². The summed E-state index contributed by atoms with van der Waals surface area (Å²) in [5, 5.41) is -0.0798. The van der Waals surface area contributed by atoms with E-state index in [1.54, 1.807) is 30.0 Å². The Morgan fingerprint density at radius 1 is 1.23 bits per heavy atom. The first kappa shape index (κ1) is 23.3. The van der Waals surface area contributed by atoms with Crippen LogP contribution in [0.3, 0.4) is 0 Å². The van der Waals surface area contributed by atoms with E-state index in [9.17, 15) is 14.0 Å². The largest absolute Gasteiger partial charge is 0.465 e. The summed E-state index contributed by atoms with van der Waals surface area (Å²) in [4.78, 5) is 29.1. The van der Waals surface area contributed by atoms with Crippen LogP contribution >= 0.6 is 11.8 Å². The SMILES string of the molecule is CCCCN(CC(=O)N1CCSC1c1ccc(F)cc1)Cc1cccc(C(=O)OC)c1. The number of carbonyl (C=O) groups is 2. The predicted octanol–water partition coefficient (Wildman–Crippen LogP) is 4.49. The van der Waals surface area contributed by atoms with Gasteiger partial charge >= 0.3 is 5.97 Å². The van der Waals surface area contributed by atoms with Gasteiger partial charge in [0.05, 0.1) is 19.2 Å². The highest BCUT2D eigenvalue weighted by Gasteiger charge is 2.31. The molecule has 0 saturated carbocycles. The summed E-state index contributed by atoms with van der Waals surface area (Å²) in [6.07, 6.45) is 2.02. The number of hydrogen-bond acceptors (Lipinski definition) is 5. The lowest BCUT2D eigenvalue weighted by molar-refractivity contribution is -0.132. The van der Waals surface area contributed by atoms with E-state index in [0.717, 1.165) is 36.3 Å². The van der Waals surface area contributed by atoms with Crippen molar-refractivity contribution in [3.05, 3.63) is 71.0 Å². The molecule has 1 atom stereocenters. The minimum absolute atomic E-state index is 0.0690. The van der Waals surface area contributed by atoms with E-state index in [1.807, 2.05) is 23.1 Å². The lowest BCUT2D eigenvalue weighted by atomic mass is 10.1. The highest BCUT2D eigenvalue weighted by Crippen LogP contribution is 2.38. The lowest BCUT2D eigenvalue weighted by Crippen LogP contribution is -2.40. The molecule has 0 aromatic heterocycles. The van der Waals surface area contributed by atoms with Gasteiger partial charge in [-0.25, -0.2) is 9.18 Å². The quantitative estimate of drug-likeness (QED) is 0.534. The number of methoxy groups -OCH3 is 1. The second-order valence-corrected chi connectivity index (χ2v) is 8.81. The number of rotatable bonds is 9. The fourth-order valence-electron chi connectivity index (χ4n) is 3.68. The Hall–Kier alpha value is -2.38. The van der Waals surface area contributed by atoms with Crippen molar-refractivity contribution >= 4 is 23.6 Å². The summed E-state index contributed by atoms with van der Waals surface area (Å²) >= 11 is 1.71. The minimum Gasteiger partial charge on any atom is -0.465 e. The van der Waals surface area contributed by atoms with Crippen molar-refractivity contribution in [2.45, 2.75) is 31.7 Å². The summed E-state index contributed by atoms with van der Waals surface area (Å²) in [7, 11) is 1.37. The van der Waals surface area contributed by atoms with Crippen molar-refractivity contribution in [1.29, 1.82) is 0 Å². The van der Waals surface area contributed by atoms with Gasteiger partial charge in [0.1, 0.15) is 11.2 Å². The van der Waals surface area contributed by atoms with Gasteiger partial charge in [-0.3, -0.25) is 9.69 Å². The fourth-order valence-corrected chi connectivity index (χ4v) is 4.96. The summed E-state index contributed by atoms with van der Waals surface area (Å²) in [6.45, 7) is 4.50. The zero-order chi connectivity index (χ0) is 22.2. The lowest BCUT2D eigenvalue weighted by Gasteiger charge is -2.28. The highest BCUT2D eigenvalue weighted by atomic mass is 32.2. The summed E-state index contributed by atoms with van der Waals surface area (Å²) < 4.78 is 18.1. The van der Waals surface area contributed by atoms with Crippen LogP contribution in [-0.2, 0) is 16.1 Å². The van der Waals surface area contributed by atoms with Crippen LogP contribution in [0.15, 0.2) is 48.5 Å². The number of halogens is 1. The maximum Gasteiger partial charge on any atom is 0.337 e. The standard InChI is InChI=1S/C24H29FN2O3S/c1-3-4-12-26(16-18-6-5-7-20(15-18)24(29)30-2)17-22(28)27-13-14-31-23(27)19-8-10-21(25)11-9-19/h5-11,15,23H,3-4,12-14,16-17H2,1-2H3. The maximum atomic E-state index is 13.3. The van der Waals surface area contributed by atoms with Crippen molar-refractivity contribution in [2.24, 2.45) is 0 Å². The topological polar surface area (TPSA) is 49.9 Å². The Balaban J connectivity index is 1.70. The summed E-state index contributed by atoms with van der Waals surface area (Å²) in [6, 6.07) is 13.7. The molecule has 0 spiro atoms. The van der Waals surface area contributed by atoms with Crippen molar-refractivity contribution in [2.75, 3.05) is 32.5 Å². The van der Waals surface area contributed by atoms with E-state index in [2.05, 4.69) is 11.8 Å². The number of hydrogen-bond donors (Lipinski definition) is 0. The van der Waals surface area contributed by atoms with Crippen LogP contribution in [0.5, 0.6) is 0 Å². The van der Waals surface area contributed by atoms with Gasteiger partial charge in [0.25, 0.3) is 0 Å². The van der Waals surface area contributed by atoms with Crippen molar-refractivity contribution < 1.29 is 18.7 Å². The second kappa shape index (κ2) is 11.3. The molecule has 7 heteroatoms. The van der Waals surface area contributed by atoms with Crippen LogP contribution in [0, 0.1) is 5.82 Å². The first-order valence-electron chi connectivity index (χ1n) is 10.6. The smallest absolute Gasteiger partial charge is 0.337 e. The molecule has 2 aromatic rings. The third-order valence-electron chi connectivity index (χ3n) is 5.31. The van der Waals surface area contributed by atoms with Gasteiger partial charge in [0.2, 0.25) is 5.91 Å². The molecule has 0 radical (unpaired) electrons. The Bertz CT molecular complexity index is 891. The summed E-state index contributed by atoms with van der Waals surface area (Å²) in [5.74, 6) is 0.294. The molecule has 1 aliphatic rings. The molecule has 166 valence electrons. The number of benzene rings is 2. The van der Waals surface area contributed by atoms with Crippen LogP contribution < -0.4 is 0 Å². The molecule has 31 heavy (non-hydrogen) atoms. The molecule has 1 unspecified atom stereocenters. The van der Waals surface area contributed by atoms with Crippen LogP contribution in [-0.4, -0.2) is 54.2 Å². The van der Waals surface area contributed by atoms with E-state index >= 15 is 0 Å². The van der Waals surface area contributed by atoms with Crippen molar-refractivity contribution in [1.82, 2.24) is 9.80 Å². The van der Waals surface area contributed by atoms with Gasteiger partial charge in [-0.1, -0.05) is 37.6 Å². The zero-order valence-corrected chi connectivity index (χ0v) is 18.9. The zero-order valence-electron chi connectivity index (χ0n) is 18.1. The van der Waals surface area contributed by atoms with E-state index in [1.165, 1.54) is 19.2 Å². The van der Waals surface area contributed by atoms with E-state index in [0.29, 0.717) is 25.2 Å². The molecule has 1 saturated heterocycles. The van der Waals surface area contributed by atoms with Gasteiger partial charge < -0.3 is 9.64 Å². The molecule has 0 aliphatic carbocycles. The van der Waals surface area contributed by atoms with Crippen LogP contribution in [0.25, 0.3) is 0 Å². The van der Waals surface area contributed by atoms with E-state index in [4.69, 9.17) is 4.74 Å². The normalized spacial score (nSPS) is 16.0. The molecular weight excluding hydrogens is 415 g/mol. The molecule has 1 heterocycles. The van der Waals surface area contributed by atoms with Crippen molar-refractivity contribution in [3.63, 3.8) is 0 Å². The second-order valence-electron chi connectivity index (χ2n) is 7.62. The summed E-state index contributed by atoms with van der Waals surface area (Å²) in [5.41, 5.74) is 2.43. The first-order chi connectivity index (χ1) is 15.0. The fraction of sp³-hybridized carbons (Fsp3) is 0.417. The molecule has 0 N–H and O–H groups in total. The number of ether oxygens (including phenoxy) is 1. The van der Waals surface area contributed by atoms with Gasteiger partial charge in [0, 0.05) is 18.8 Å². The van der Waals surface area contributed by atoms with Gasteiger partial charge in [-0.2, -0.15) is 0 Å². The number of nitrogens with zero attached hydrogens (tertiary/aromatic N) is 2. The predicted molar refractivity (Wildman–Crippen MR) is 121 cm³/mol. The number of thioether (sulfide) groups is 1. The van der Waals surface area contributed by atoms with E-state index < -0.39 is 0 Å². The average molecular weight is 445 g/mol. The maximum absolute atomic E-state index is 13.3. The number of amides is 1. The average Bonchev–Trinajstić information content (AvgIpc) is 3.27. The van der Waals surface area contributed by atoms with Gasteiger partial charge in [-0.15, -0.1) is 11.8 Å². The Morgan fingerprint density at radius 3 is 2.71 bits per heavy atom. The number of unbranched alkanes of at least 4 members (excludes halogenated alkanes) is 1. The molecule has 1 amide bonds. The number of esters is 1. The third kappa shape index (κ3) is 6.31. The molecular formula is C24H29FN2O3S. The van der Waals surface area contributed by atoms with Crippen LogP contribution in [0.1, 0.15) is 46.6 Å².